The summed E-state index contributed by atoms with van der Waals surface area (Å²) >= 11 is 5.79. The van der Waals surface area contributed by atoms with Gasteiger partial charge in [0.1, 0.15) is 11.5 Å². The first kappa shape index (κ1) is 21.4. The normalized spacial score (nSPS) is 10.5. The average Bonchev–Trinajstić information content (AvgIpc) is 2.63. The first-order valence-electron chi connectivity index (χ1n) is 8.23. The minimum absolute atomic E-state index is 0.0207. The van der Waals surface area contributed by atoms with Gasteiger partial charge in [-0.3, -0.25) is 9.59 Å². The molecular weight excluding hydrogens is 396 g/mol. The predicted octanol–water partition coefficient (Wildman–Crippen LogP) is 4.20. The van der Waals surface area contributed by atoms with Gasteiger partial charge in [-0.25, -0.2) is 0 Å². The molecule has 1 amide bonds. The molecule has 0 aliphatic heterocycles. The zero-order chi connectivity index (χ0) is 20.5. The highest BCUT2D eigenvalue weighted by molar-refractivity contribution is 6.32. The van der Waals surface area contributed by atoms with E-state index in [1.165, 1.54) is 18.2 Å². The van der Waals surface area contributed by atoms with Crippen molar-refractivity contribution in [3.63, 3.8) is 0 Å². The third kappa shape index (κ3) is 7.03. The molecule has 9 heteroatoms. The molecule has 0 aliphatic rings. The largest absolute Gasteiger partial charge is 0.493 e. The van der Waals surface area contributed by atoms with Gasteiger partial charge in [0.05, 0.1) is 18.1 Å². The number of amides is 1. The first-order chi connectivity index (χ1) is 13.3. The monoisotopic (exact) mass is 413 g/mol. The van der Waals surface area contributed by atoms with Gasteiger partial charge in [-0.15, -0.1) is 0 Å². The molecule has 0 fully saturated rings. The van der Waals surface area contributed by atoms with E-state index in [9.17, 15) is 18.4 Å². The van der Waals surface area contributed by atoms with Gasteiger partial charge in [0, 0.05) is 5.69 Å². The highest BCUT2D eigenvalue weighted by atomic mass is 35.5. The number of hydrogen-bond acceptors (Lipinski definition) is 5. The zero-order valence-corrected chi connectivity index (χ0v) is 15.7. The Morgan fingerprint density at radius 3 is 2.57 bits per heavy atom. The van der Waals surface area contributed by atoms with Crippen LogP contribution in [0.4, 0.5) is 14.5 Å². The van der Waals surface area contributed by atoms with Crippen molar-refractivity contribution in [2.45, 2.75) is 20.0 Å². The highest BCUT2D eigenvalue weighted by Gasteiger charge is 2.12. The lowest BCUT2D eigenvalue weighted by atomic mass is 10.2. The summed E-state index contributed by atoms with van der Waals surface area (Å²) in [6, 6.07) is 11.1. The smallest absolute Gasteiger partial charge is 0.387 e. The maximum atomic E-state index is 12.2. The number of rotatable bonds is 9. The standard InChI is InChI=1S/C19H18ClF2NO5/c1-12-4-2-3-5-15(12)26-9-8-18(25)27-11-17(24)23-13-6-7-16(14(20)10-13)28-19(21)22/h2-7,10,19H,8-9,11H2,1H3,(H,23,24). The molecule has 2 rings (SSSR count). The van der Waals surface area contributed by atoms with Crippen molar-refractivity contribution >= 4 is 29.2 Å². The summed E-state index contributed by atoms with van der Waals surface area (Å²) in [6.07, 6.45) is -0.0207. The summed E-state index contributed by atoms with van der Waals surface area (Å²) in [7, 11) is 0. The lowest BCUT2D eigenvalue weighted by Gasteiger charge is -2.10. The van der Waals surface area contributed by atoms with Crippen LogP contribution in [0.15, 0.2) is 42.5 Å². The molecule has 28 heavy (non-hydrogen) atoms. The molecule has 0 bridgehead atoms. The van der Waals surface area contributed by atoms with Crippen molar-refractivity contribution in [3.8, 4) is 11.5 Å². The third-order valence-corrected chi connectivity index (χ3v) is 3.75. The zero-order valence-electron chi connectivity index (χ0n) is 14.9. The summed E-state index contributed by atoms with van der Waals surface area (Å²) < 4.78 is 38.9. The quantitative estimate of drug-likeness (QED) is 0.624. The van der Waals surface area contributed by atoms with Crippen molar-refractivity contribution in [1.29, 1.82) is 0 Å². The number of esters is 1. The van der Waals surface area contributed by atoms with Crippen molar-refractivity contribution in [2.75, 3.05) is 18.5 Å². The van der Waals surface area contributed by atoms with Gasteiger partial charge in [-0.2, -0.15) is 8.78 Å². The lowest BCUT2D eigenvalue weighted by molar-refractivity contribution is -0.147. The number of para-hydroxylation sites is 1. The van der Waals surface area contributed by atoms with E-state index in [0.717, 1.165) is 5.56 Å². The molecule has 0 heterocycles. The number of benzene rings is 2. The Balaban J connectivity index is 1.72. The Morgan fingerprint density at radius 2 is 1.89 bits per heavy atom. The van der Waals surface area contributed by atoms with E-state index in [-0.39, 0.29) is 29.5 Å². The second kappa shape index (κ2) is 10.5. The number of nitrogens with one attached hydrogen (secondary N) is 1. The van der Waals surface area contributed by atoms with E-state index in [1.807, 2.05) is 25.1 Å². The molecule has 0 radical (unpaired) electrons. The van der Waals surface area contributed by atoms with Crippen LogP contribution in [0.2, 0.25) is 5.02 Å². The molecular formula is C19H18ClF2NO5. The van der Waals surface area contributed by atoms with Gasteiger partial charge >= 0.3 is 12.6 Å². The molecule has 150 valence electrons. The second-order valence-electron chi connectivity index (χ2n) is 5.60. The molecule has 2 aromatic rings. The van der Waals surface area contributed by atoms with Crippen LogP contribution in [-0.2, 0) is 14.3 Å². The molecule has 6 nitrogen and oxygen atoms in total. The van der Waals surface area contributed by atoms with E-state index in [1.54, 1.807) is 6.07 Å². The van der Waals surface area contributed by atoms with Gasteiger partial charge < -0.3 is 19.5 Å². The Kier molecular flexibility index (Phi) is 8.01. The summed E-state index contributed by atoms with van der Waals surface area (Å²) in [4.78, 5) is 23.5. The van der Waals surface area contributed by atoms with E-state index in [2.05, 4.69) is 10.1 Å². The van der Waals surface area contributed by atoms with Crippen LogP contribution in [0.3, 0.4) is 0 Å². The maximum absolute atomic E-state index is 12.2. The Labute approximate surface area is 165 Å². The Hall–Kier alpha value is -2.87. The lowest BCUT2D eigenvalue weighted by Crippen LogP contribution is -2.21. The van der Waals surface area contributed by atoms with Gasteiger partial charge in [-0.1, -0.05) is 29.8 Å². The fourth-order valence-corrected chi connectivity index (χ4v) is 2.37. The van der Waals surface area contributed by atoms with Gasteiger partial charge in [0.15, 0.2) is 6.61 Å². The van der Waals surface area contributed by atoms with Crippen molar-refractivity contribution in [2.24, 2.45) is 0 Å². The summed E-state index contributed by atoms with van der Waals surface area (Å²) in [5, 5.41) is 2.34. The van der Waals surface area contributed by atoms with Crippen molar-refractivity contribution in [1.82, 2.24) is 0 Å². The van der Waals surface area contributed by atoms with Gasteiger partial charge in [-0.05, 0) is 36.8 Å². The number of halogens is 3. The van der Waals surface area contributed by atoms with Crippen LogP contribution in [-0.4, -0.2) is 31.7 Å². The first-order valence-corrected chi connectivity index (χ1v) is 8.61. The molecule has 0 saturated carbocycles. The fourth-order valence-electron chi connectivity index (χ4n) is 2.15. The fraction of sp³-hybridized carbons (Fsp3) is 0.263. The number of anilines is 1. The SMILES string of the molecule is Cc1ccccc1OCCC(=O)OCC(=O)Nc1ccc(OC(F)F)c(Cl)c1. The summed E-state index contributed by atoms with van der Waals surface area (Å²) in [5.41, 5.74) is 1.19. The van der Waals surface area contributed by atoms with E-state index < -0.39 is 25.1 Å². The topological polar surface area (TPSA) is 73.9 Å². The molecule has 0 saturated heterocycles. The van der Waals surface area contributed by atoms with Crippen LogP contribution < -0.4 is 14.8 Å². The van der Waals surface area contributed by atoms with Crippen LogP contribution in [0, 0.1) is 6.92 Å². The Morgan fingerprint density at radius 1 is 1.14 bits per heavy atom. The Bertz CT molecular complexity index is 832. The van der Waals surface area contributed by atoms with E-state index in [0.29, 0.717) is 5.75 Å². The number of ether oxygens (including phenoxy) is 3. The molecule has 1 N–H and O–H groups in total. The number of alkyl halides is 2. The van der Waals surface area contributed by atoms with E-state index in [4.69, 9.17) is 21.1 Å². The highest BCUT2D eigenvalue weighted by Crippen LogP contribution is 2.28. The third-order valence-electron chi connectivity index (χ3n) is 3.45. The molecule has 0 atom stereocenters. The molecule has 0 unspecified atom stereocenters. The van der Waals surface area contributed by atoms with Gasteiger partial charge in [0.2, 0.25) is 0 Å². The van der Waals surface area contributed by atoms with Gasteiger partial charge in [0.25, 0.3) is 5.91 Å². The van der Waals surface area contributed by atoms with E-state index >= 15 is 0 Å². The maximum Gasteiger partial charge on any atom is 0.387 e. The van der Waals surface area contributed by atoms with Crippen LogP contribution in [0.5, 0.6) is 11.5 Å². The van der Waals surface area contributed by atoms with Crippen LogP contribution >= 0.6 is 11.6 Å². The second-order valence-corrected chi connectivity index (χ2v) is 6.00. The minimum Gasteiger partial charge on any atom is -0.493 e. The molecule has 0 spiro atoms. The van der Waals surface area contributed by atoms with Crippen molar-refractivity contribution in [3.05, 3.63) is 53.1 Å². The summed E-state index contributed by atoms with van der Waals surface area (Å²) in [5.74, 6) is -0.742. The average molecular weight is 414 g/mol. The summed E-state index contributed by atoms with van der Waals surface area (Å²) in [6.45, 7) is -1.51. The number of hydrogen-bond donors (Lipinski definition) is 1. The van der Waals surface area contributed by atoms with Crippen molar-refractivity contribution < 1.29 is 32.6 Å². The molecule has 0 aromatic heterocycles. The molecule has 2 aromatic carbocycles. The minimum atomic E-state index is -3.01. The predicted molar refractivity (Wildman–Crippen MR) is 99.0 cm³/mol. The number of aryl methyl sites for hydroxylation is 1. The number of carbonyl (C=O) groups excluding carboxylic acids is 2. The number of carbonyl (C=O) groups is 2. The molecule has 0 aliphatic carbocycles. The van der Waals surface area contributed by atoms with Crippen LogP contribution in [0.25, 0.3) is 0 Å². The van der Waals surface area contributed by atoms with Crippen LogP contribution in [0.1, 0.15) is 12.0 Å².